The van der Waals surface area contributed by atoms with Crippen molar-refractivity contribution in [3.8, 4) is 0 Å². The topological polar surface area (TPSA) is 77.1 Å². The Morgan fingerprint density at radius 3 is 2.84 bits per heavy atom. The maximum atomic E-state index is 11.9. The summed E-state index contributed by atoms with van der Waals surface area (Å²) in [6, 6.07) is 10.6. The molecule has 0 aliphatic heterocycles. The van der Waals surface area contributed by atoms with E-state index in [0.29, 0.717) is 17.7 Å². The largest absolute Gasteiger partial charge is 0.311 e. The Labute approximate surface area is 110 Å². The van der Waals surface area contributed by atoms with Crippen molar-refractivity contribution in [1.29, 1.82) is 0 Å². The lowest BCUT2D eigenvalue weighted by molar-refractivity contribution is 0.0953. The predicted molar refractivity (Wildman–Crippen MR) is 72.6 cm³/mol. The fourth-order valence-corrected chi connectivity index (χ4v) is 1.87. The Balaban J connectivity index is 2.31. The molecule has 0 unspecified atom stereocenters. The lowest BCUT2D eigenvalue weighted by Crippen LogP contribution is -2.30. The summed E-state index contributed by atoms with van der Waals surface area (Å²) in [7, 11) is 0. The Morgan fingerprint density at radius 1 is 1.32 bits per heavy atom. The van der Waals surface area contributed by atoms with Gasteiger partial charge < -0.3 is 4.57 Å². The van der Waals surface area contributed by atoms with Gasteiger partial charge in [0.25, 0.3) is 11.5 Å². The van der Waals surface area contributed by atoms with Crippen molar-refractivity contribution in [2.45, 2.75) is 13.5 Å². The summed E-state index contributed by atoms with van der Waals surface area (Å²) >= 11 is 0. The molecule has 1 amide bonds. The number of aromatic nitrogens is 1. The van der Waals surface area contributed by atoms with Gasteiger partial charge in [-0.2, -0.15) is 0 Å². The molecule has 1 aromatic carbocycles. The van der Waals surface area contributed by atoms with E-state index in [-0.39, 0.29) is 11.5 Å². The van der Waals surface area contributed by atoms with Crippen molar-refractivity contribution in [1.82, 2.24) is 9.99 Å². The summed E-state index contributed by atoms with van der Waals surface area (Å²) in [5.41, 5.74) is 4.09. The van der Waals surface area contributed by atoms with Gasteiger partial charge in [0.05, 0.1) is 6.54 Å². The van der Waals surface area contributed by atoms with Crippen molar-refractivity contribution in [2.24, 2.45) is 5.84 Å². The molecule has 2 aromatic rings. The highest BCUT2D eigenvalue weighted by atomic mass is 16.2. The number of carbonyl (C=O) groups excluding carboxylic acids is 1. The molecule has 0 bridgehead atoms. The van der Waals surface area contributed by atoms with E-state index in [0.717, 1.165) is 5.56 Å². The van der Waals surface area contributed by atoms with Gasteiger partial charge in [0.2, 0.25) is 0 Å². The van der Waals surface area contributed by atoms with E-state index in [4.69, 9.17) is 5.84 Å². The average Bonchev–Trinajstić information content (AvgIpc) is 2.43. The SMILES string of the molecule is Cc1cccn(Cc2cccc(C(=O)NN)c2)c1=O. The van der Waals surface area contributed by atoms with E-state index >= 15 is 0 Å². The Morgan fingerprint density at radius 2 is 2.11 bits per heavy atom. The molecule has 1 aromatic heterocycles. The van der Waals surface area contributed by atoms with Gasteiger partial charge in [-0.05, 0) is 30.7 Å². The number of pyridine rings is 1. The molecule has 0 radical (unpaired) electrons. The fourth-order valence-electron chi connectivity index (χ4n) is 1.87. The first-order chi connectivity index (χ1) is 9.11. The lowest BCUT2D eigenvalue weighted by Gasteiger charge is -2.08. The second-order valence-electron chi connectivity index (χ2n) is 4.30. The maximum Gasteiger partial charge on any atom is 0.265 e. The summed E-state index contributed by atoms with van der Waals surface area (Å²) in [4.78, 5) is 23.3. The van der Waals surface area contributed by atoms with E-state index in [1.165, 1.54) is 0 Å². The van der Waals surface area contributed by atoms with Crippen molar-refractivity contribution in [3.05, 3.63) is 69.6 Å². The molecule has 2 rings (SSSR count). The quantitative estimate of drug-likeness (QED) is 0.485. The summed E-state index contributed by atoms with van der Waals surface area (Å²) in [5, 5.41) is 0. The maximum absolute atomic E-state index is 11.9. The number of rotatable bonds is 3. The predicted octanol–water partition coefficient (Wildman–Crippen LogP) is 0.809. The Hall–Kier alpha value is -2.40. The number of aryl methyl sites for hydroxylation is 1. The third-order valence-corrected chi connectivity index (χ3v) is 2.88. The van der Waals surface area contributed by atoms with E-state index < -0.39 is 0 Å². The van der Waals surface area contributed by atoms with Gasteiger partial charge in [-0.1, -0.05) is 18.2 Å². The number of hydrogen-bond acceptors (Lipinski definition) is 3. The number of benzene rings is 1. The molecule has 19 heavy (non-hydrogen) atoms. The second kappa shape index (κ2) is 5.49. The normalized spacial score (nSPS) is 10.2. The van der Waals surface area contributed by atoms with E-state index in [2.05, 4.69) is 5.43 Å². The average molecular weight is 257 g/mol. The molecule has 5 nitrogen and oxygen atoms in total. The summed E-state index contributed by atoms with van der Waals surface area (Å²) in [6.45, 7) is 2.20. The summed E-state index contributed by atoms with van der Waals surface area (Å²) < 4.78 is 1.61. The van der Waals surface area contributed by atoms with Crippen molar-refractivity contribution < 1.29 is 4.79 Å². The van der Waals surface area contributed by atoms with Crippen LogP contribution in [0, 0.1) is 6.92 Å². The molecule has 0 aliphatic rings. The molecular formula is C14H15N3O2. The smallest absolute Gasteiger partial charge is 0.265 e. The third kappa shape index (κ3) is 2.89. The first-order valence-electron chi connectivity index (χ1n) is 5.88. The van der Waals surface area contributed by atoms with Gasteiger partial charge in [0, 0.05) is 17.3 Å². The first kappa shape index (κ1) is 13.0. The van der Waals surface area contributed by atoms with E-state index in [9.17, 15) is 9.59 Å². The molecule has 98 valence electrons. The van der Waals surface area contributed by atoms with Crippen LogP contribution in [0.15, 0.2) is 47.4 Å². The van der Waals surface area contributed by atoms with Crippen molar-refractivity contribution in [3.63, 3.8) is 0 Å². The zero-order valence-corrected chi connectivity index (χ0v) is 10.6. The van der Waals surface area contributed by atoms with Crippen LogP contribution in [-0.2, 0) is 6.54 Å². The molecule has 0 aliphatic carbocycles. The number of hydrazine groups is 1. The standard InChI is InChI=1S/C14H15N3O2/c1-10-4-3-7-17(14(10)19)9-11-5-2-6-12(8-11)13(18)16-15/h2-8H,9,15H2,1H3,(H,16,18). The Kier molecular flexibility index (Phi) is 3.77. The van der Waals surface area contributed by atoms with Crippen molar-refractivity contribution in [2.75, 3.05) is 0 Å². The van der Waals surface area contributed by atoms with Gasteiger partial charge in [-0.25, -0.2) is 5.84 Å². The number of nitrogen functional groups attached to an aromatic ring is 1. The minimum Gasteiger partial charge on any atom is -0.311 e. The van der Waals surface area contributed by atoms with Crippen LogP contribution in [0.1, 0.15) is 21.5 Å². The third-order valence-electron chi connectivity index (χ3n) is 2.88. The number of nitrogens with zero attached hydrogens (tertiary/aromatic N) is 1. The minimum atomic E-state index is -0.349. The molecule has 0 spiro atoms. The number of nitrogens with two attached hydrogens (primary N) is 1. The zero-order valence-electron chi connectivity index (χ0n) is 10.6. The minimum absolute atomic E-state index is 0.0313. The van der Waals surface area contributed by atoms with Gasteiger partial charge in [0.1, 0.15) is 0 Å². The lowest BCUT2D eigenvalue weighted by atomic mass is 10.1. The van der Waals surface area contributed by atoms with Crippen LogP contribution < -0.4 is 16.8 Å². The molecule has 0 atom stereocenters. The van der Waals surface area contributed by atoms with Crippen LogP contribution in [-0.4, -0.2) is 10.5 Å². The zero-order chi connectivity index (χ0) is 13.8. The van der Waals surface area contributed by atoms with Crippen LogP contribution in [0.2, 0.25) is 0 Å². The molecule has 3 N–H and O–H groups in total. The van der Waals surface area contributed by atoms with Gasteiger partial charge >= 0.3 is 0 Å². The monoisotopic (exact) mass is 257 g/mol. The highest BCUT2D eigenvalue weighted by Gasteiger charge is 2.05. The van der Waals surface area contributed by atoms with Gasteiger partial charge in [0.15, 0.2) is 0 Å². The molecule has 0 saturated heterocycles. The number of nitrogens with one attached hydrogen (secondary N) is 1. The number of carbonyl (C=O) groups is 1. The van der Waals surface area contributed by atoms with E-state index in [1.807, 2.05) is 12.1 Å². The van der Waals surface area contributed by atoms with E-state index in [1.54, 1.807) is 42.0 Å². The number of hydrogen-bond donors (Lipinski definition) is 2. The summed E-state index contributed by atoms with van der Waals surface area (Å²) in [6.07, 6.45) is 1.73. The number of amides is 1. The van der Waals surface area contributed by atoms with Crippen LogP contribution >= 0.6 is 0 Å². The van der Waals surface area contributed by atoms with Crippen LogP contribution in [0.5, 0.6) is 0 Å². The van der Waals surface area contributed by atoms with Crippen LogP contribution in [0.25, 0.3) is 0 Å². The highest BCUT2D eigenvalue weighted by molar-refractivity contribution is 5.93. The molecule has 1 heterocycles. The second-order valence-corrected chi connectivity index (χ2v) is 4.30. The highest BCUT2D eigenvalue weighted by Crippen LogP contribution is 2.06. The Bertz CT molecular complexity index is 662. The molecule has 0 saturated carbocycles. The van der Waals surface area contributed by atoms with Crippen LogP contribution in [0.3, 0.4) is 0 Å². The fraction of sp³-hybridized carbons (Fsp3) is 0.143. The van der Waals surface area contributed by atoms with Crippen LogP contribution in [0.4, 0.5) is 0 Å². The van der Waals surface area contributed by atoms with Gasteiger partial charge in [-0.15, -0.1) is 0 Å². The molecular weight excluding hydrogens is 242 g/mol. The first-order valence-corrected chi connectivity index (χ1v) is 5.88. The van der Waals surface area contributed by atoms with Crippen molar-refractivity contribution >= 4 is 5.91 Å². The van der Waals surface area contributed by atoms with Gasteiger partial charge in [-0.3, -0.25) is 15.0 Å². The summed E-state index contributed by atoms with van der Waals surface area (Å²) in [5.74, 6) is 4.75. The molecule has 5 heteroatoms. The molecule has 0 fully saturated rings.